The quantitative estimate of drug-likeness (QED) is 0.902. The fourth-order valence-electron chi connectivity index (χ4n) is 2.00. The maximum absolute atomic E-state index is 13.9. The van der Waals surface area contributed by atoms with E-state index in [2.05, 4.69) is 26.2 Å². The maximum atomic E-state index is 13.9. The monoisotopic (exact) mass is 342 g/mol. The van der Waals surface area contributed by atoms with E-state index in [9.17, 15) is 4.39 Å². The zero-order valence-electron chi connectivity index (χ0n) is 10.3. The minimum atomic E-state index is -0.296. The number of aromatic nitrogens is 1. The van der Waals surface area contributed by atoms with Crippen molar-refractivity contribution in [1.29, 1.82) is 0 Å². The van der Waals surface area contributed by atoms with Crippen LogP contribution in [-0.2, 0) is 6.42 Å². The second-order valence-corrected chi connectivity index (χ2v) is 5.52. The standard InChI is InChI=1S/C14H13BrClFN2/c1-18-13(6-9-5-10(15)8-19-7-9)14-11(16)3-2-4-12(14)17/h2-5,7-8,13,18H,6H2,1H3. The molecule has 0 aliphatic carbocycles. The zero-order valence-corrected chi connectivity index (χ0v) is 12.7. The highest BCUT2D eigenvalue weighted by Gasteiger charge is 2.18. The lowest BCUT2D eigenvalue weighted by atomic mass is 9.99. The summed E-state index contributed by atoms with van der Waals surface area (Å²) in [6, 6.07) is 6.50. The number of nitrogens with zero attached hydrogens (tertiary/aromatic N) is 1. The highest BCUT2D eigenvalue weighted by Crippen LogP contribution is 2.28. The number of hydrogen-bond donors (Lipinski definition) is 1. The van der Waals surface area contributed by atoms with Crippen LogP contribution in [0.3, 0.4) is 0 Å². The van der Waals surface area contributed by atoms with Crippen LogP contribution in [0.4, 0.5) is 4.39 Å². The highest BCUT2D eigenvalue weighted by atomic mass is 79.9. The molecule has 2 aromatic rings. The lowest BCUT2D eigenvalue weighted by Gasteiger charge is -2.18. The SMILES string of the molecule is CNC(Cc1cncc(Br)c1)c1c(F)cccc1Cl. The fourth-order valence-corrected chi connectivity index (χ4v) is 2.70. The van der Waals surface area contributed by atoms with Crippen molar-refractivity contribution in [2.24, 2.45) is 0 Å². The number of pyridine rings is 1. The molecule has 2 rings (SSSR count). The van der Waals surface area contributed by atoms with Crippen LogP contribution in [0.5, 0.6) is 0 Å². The lowest BCUT2D eigenvalue weighted by Crippen LogP contribution is -2.20. The van der Waals surface area contributed by atoms with Gasteiger partial charge in [0.25, 0.3) is 0 Å². The molecule has 1 unspecified atom stereocenters. The number of rotatable bonds is 4. The molecule has 1 aromatic heterocycles. The maximum Gasteiger partial charge on any atom is 0.129 e. The molecule has 0 fully saturated rings. The van der Waals surface area contributed by atoms with Gasteiger partial charge in [-0.25, -0.2) is 4.39 Å². The minimum Gasteiger partial charge on any atom is -0.313 e. The topological polar surface area (TPSA) is 24.9 Å². The van der Waals surface area contributed by atoms with Crippen molar-refractivity contribution in [2.45, 2.75) is 12.5 Å². The first kappa shape index (κ1) is 14.4. The van der Waals surface area contributed by atoms with Crippen LogP contribution < -0.4 is 5.32 Å². The smallest absolute Gasteiger partial charge is 0.129 e. The van der Waals surface area contributed by atoms with E-state index in [4.69, 9.17) is 11.6 Å². The van der Waals surface area contributed by atoms with Gasteiger partial charge < -0.3 is 5.32 Å². The summed E-state index contributed by atoms with van der Waals surface area (Å²) in [6.07, 6.45) is 4.10. The predicted octanol–water partition coefficient (Wildman–Crippen LogP) is 4.14. The van der Waals surface area contributed by atoms with E-state index in [1.54, 1.807) is 31.6 Å². The van der Waals surface area contributed by atoms with E-state index in [0.717, 1.165) is 10.0 Å². The Morgan fingerprint density at radius 1 is 1.42 bits per heavy atom. The normalized spacial score (nSPS) is 12.4. The summed E-state index contributed by atoms with van der Waals surface area (Å²) in [4.78, 5) is 4.11. The van der Waals surface area contributed by atoms with Gasteiger partial charge in [-0.15, -0.1) is 0 Å². The van der Waals surface area contributed by atoms with E-state index in [1.807, 2.05) is 6.07 Å². The average Bonchev–Trinajstić information content (AvgIpc) is 2.37. The molecule has 19 heavy (non-hydrogen) atoms. The van der Waals surface area contributed by atoms with Crippen molar-refractivity contribution in [3.05, 3.63) is 63.1 Å². The molecule has 0 bridgehead atoms. The summed E-state index contributed by atoms with van der Waals surface area (Å²) in [5, 5.41) is 3.53. The molecule has 0 radical (unpaired) electrons. The fraction of sp³-hybridized carbons (Fsp3) is 0.214. The van der Waals surface area contributed by atoms with Crippen molar-refractivity contribution >= 4 is 27.5 Å². The van der Waals surface area contributed by atoms with Crippen molar-refractivity contribution in [3.63, 3.8) is 0 Å². The van der Waals surface area contributed by atoms with Crippen LogP contribution in [0.15, 0.2) is 41.1 Å². The predicted molar refractivity (Wildman–Crippen MR) is 78.9 cm³/mol. The van der Waals surface area contributed by atoms with E-state index in [0.29, 0.717) is 17.0 Å². The van der Waals surface area contributed by atoms with Crippen molar-refractivity contribution in [2.75, 3.05) is 7.05 Å². The van der Waals surface area contributed by atoms with Gasteiger partial charge in [0.2, 0.25) is 0 Å². The summed E-state index contributed by atoms with van der Waals surface area (Å²) in [5.74, 6) is -0.296. The third-order valence-electron chi connectivity index (χ3n) is 2.90. The Morgan fingerprint density at radius 3 is 2.84 bits per heavy atom. The summed E-state index contributed by atoms with van der Waals surface area (Å²) < 4.78 is 14.8. The van der Waals surface area contributed by atoms with Crippen LogP contribution >= 0.6 is 27.5 Å². The Hall–Kier alpha value is -0.970. The summed E-state index contributed by atoms with van der Waals surface area (Å²) in [5.41, 5.74) is 1.50. The Labute approximate surface area is 125 Å². The Balaban J connectivity index is 2.30. The first-order valence-electron chi connectivity index (χ1n) is 5.82. The Kier molecular flexibility index (Phi) is 4.91. The van der Waals surface area contributed by atoms with Gasteiger partial charge >= 0.3 is 0 Å². The van der Waals surface area contributed by atoms with E-state index in [-0.39, 0.29) is 11.9 Å². The summed E-state index contributed by atoms with van der Waals surface area (Å²) in [6.45, 7) is 0. The van der Waals surface area contributed by atoms with Gasteiger partial charge in [0.1, 0.15) is 5.82 Å². The van der Waals surface area contributed by atoms with Crippen molar-refractivity contribution in [1.82, 2.24) is 10.3 Å². The Bertz CT molecular complexity index is 557. The second kappa shape index (κ2) is 6.46. The molecule has 1 aromatic carbocycles. The number of halogens is 3. The van der Waals surface area contributed by atoms with Crippen LogP contribution in [0.2, 0.25) is 5.02 Å². The molecule has 1 atom stereocenters. The molecule has 0 aliphatic rings. The largest absolute Gasteiger partial charge is 0.313 e. The number of benzene rings is 1. The van der Waals surface area contributed by atoms with Gasteiger partial charge in [0, 0.05) is 33.5 Å². The first-order valence-corrected chi connectivity index (χ1v) is 6.99. The summed E-state index contributed by atoms with van der Waals surface area (Å²) >= 11 is 9.47. The molecule has 0 amide bonds. The molecule has 100 valence electrons. The van der Waals surface area contributed by atoms with Gasteiger partial charge in [-0.1, -0.05) is 17.7 Å². The van der Waals surface area contributed by atoms with Gasteiger partial charge in [-0.2, -0.15) is 0 Å². The minimum absolute atomic E-state index is 0.190. The highest BCUT2D eigenvalue weighted by molar-refractivity contribution is 9.10. The third-order valence-corrected chi connectivity index (χ3v) is 3.66. The molecular formula is C14H13BrClFN2. The van der Waals surface area contributed by atoms with E-state index in [1.165, 1.54) is 6.07 Å². The molecular weight excluding hydrogens is 331 g/mol. The van der Waals surface area contributed by atoms with Crippen LogP contribution in [0, 0.1) is 5.82 Å². The van der Waals surface area contributed by atoms with Crippen molar-refractivity contribution < 1.29 is 4.39 Å². The molecule has 0 saturated heterocycles. The van der Waals surface area contributed by atoms with E-state index >= 15 is 0 Å². The molecule has 0 saturated carbocycles. The number of likely N-dealkylation sites (N-methyl/N-ethyl adjacent to an activating group) is 1. The number of nitrogens with one attached hydrogen (secondary N) is 1. The lowest BCUT2D eigenvalue weighted by molar-refractivity contribution is 0.534. The Morgan fingerprint density at radius 2 is 2.21 bits per heavy atom. The third kappa shape index (κ3) is 3.53. The molecule has 5 heteroatoms. The molecule has 2 nitrogen and oxygen atoms in total. The van der Waals surface area contributed by atoms with Gasteiger partial charge in [-0.3, -0.25) is 4.98 Å². The molecule has 1 N–H and O–H groups in total. The van der Waals surface area contributed by atoms with Crippen LogP contribution in [-0.4, -0.2) is 12.0 Å². The molecule has 0 aliphatic heterocycles. The van der Waals surface area contributed by atoms with E-state index < -0.39 is 0 Å². The second-order valence-electron chi connectivity index (χ2n) is 4.19. The summed E-state index contributed by atoms with van der Waals surface area (Å²) in [7, 11) is 1.79. The van der Waals surface area contributed by atoms with Crippen LogP contribution in [0.1, 0.15) is 17.2 Å². The molecule has 0 spiro atoms. The zero-order chi connectivity index (χ0) is 13.8. The number of hydrogen-bond acceptors (Lipinski definition) is 2. The van der Waals surface area contributed by atoms with Gasteiger partial charge in [0.05, 0.1) is 0 Å². The van der Waals surface area contributed by atoms with Gasteiger partial charge in [-0.05, 0) is 53.2 Å². The molecule has 1 heterocycles. The van der Waals surface area contributed by atoms with Gasteiger partial charge in [0.15, 0.2) is 0 Å². The van der Waals surface area contributed by atoms with Crippen molar-refractivity contribution in [3.8, 4) is 0 Å². The average molecular weight is 344 g/mol. The van der Waals surface area contributed by atoms with Crippen LogP contribution in [0.25, 0.3) is 0 Å². The first-order chi connectivity index (χ1) is 9.11.